The molecule has 1 aliphatic heterocycles. The number of ether oxygens (including phenoxy) is 4. The summed E-state index contributed by atoms with van der Waals surface area (Å²) in [5.41, 5.74) is 1.20. The van der Waals surface area contributed by atoms with Gasteiger partial charge in [-0.05, 0) is 6.08 Å². The maximum Gasteiger partial charge on any atom is 0.351 e. The van der Waals surface area contributed by atoms with Crippen molar-refractivity contribution >= 4 is 29.8 Å². The van der Waals surface area contributed by atoms with E-state index in [1.807, 2.05) is 0 Å². The number of rotatable bonds is 7. The Morgan fingerprint density at radius 1 is 1.38 bits per heavy atom. The summed E-state index contributed by atoms with van der Waals surface area (Å²) in [5.74, 6) is -1.93. The quantitative estimate of drug-likeness (QED) is 0.270. The number of hydrogen-bond donors (Lipinski definition) is 2. The van der Waals surface area contributed by atoms with Gasteiger partial charge in [0.25, 0.3) is 0 Å². The minimum absolute atomic E-state index is 0.0964. The van der Waals surface area contributed by atoms with Crippen molar-refractivity contribution in [1.29, 1.82) is 0 Å². The monoisotopic (exact) mass is 411 g/mol. The zero-order valence-electron chi connectivity index (χ0n) is 16.0. The zero-order chi connectivity index (χ0) is 21.6. The minimum Gasteiger partial charge on any atom is -0.466 e. The van der Waals surface area contributed by atoms with Crippen molar-refractivity contribution in [2.45, 2.75) is 38.7 Å². The van der Waals surface area contributed by atoms with Gasteiger partial charge in [0.1, 0.15) is 25.0 Å². The van der Waals surface area contributed by atoms with Crippen LogP contribution in [0.25, 0.3) is 6.08 Å². The van der Waals surface area contributed by atoms with Crippen LogP contribution in [0.15, 0.2) is 17.1 Å². The molecule has 12 nitrogen and oxygen atoms in total. The number of aromatic nitrogens is 2. The number of nitrogens with one attached hydrogen (secondary N) is 1. The first-order valence-corrected chi connectivity index (χ1v) is 8.50. The van der Waals surface area contributed by atoms with Crippen molar-refractivity contribution in [2.75, 3.05) is 19.2 Å². The number of esters is 3. The molecule has 2 rings (SSSR count). The van der Waals surface area contributed by atoms with Crippen LogP contribution in [-0.2, 0) is 33.3 Å². The molecule has 0 saturated carbocycles. The molecule has 1 fully saturated rings. The molecule has 1 saturated heterocycles. The van der Waals surface area contributed by atoms with E-state index in [4.69, 9.17) is 14.2 Å². The fraction of sp³-hybridized carbons (Fsp3) is 0.471. The lowest BCUT2D eigenvalue weighted by molar-refractivity contribution is -0.155. The Hall–Kier alpha value is -3.25. The largest absolute Gasteiger partial charge is 0.466 e. The first-order chi connectivity index (χ1) is 13.7. The number of methoxy groups -OCH3 is 1. The fourth-order valence-corrected chi connectivity index (χ4v) is 2.69. The summed E-state index contributed by atoms with van der Waals surface area (Å²) in [6.45, 7) is 2.28. The maximum atomic E-state index is 12.3. The molecule has 0 radical (unpaired) electrons. The highest BCUT2D eigenvalue weighted by Crippen LogP contribution is 2.31. The van der Waals surface area contributed by atoms with Crippen molar-refractivity contribution in [3.8, 4) is 0 Å². The van der Waals surface area contributed by atoms with Gasteiger partial charge in [0, 0.05) is 38.1 Å². The summed E-state index contributed by atoms with van der Waals surface area (Å²) in [7, 11) is 1.20. The number of hydrogen-bond acceptors (Lipinski definition) is 11. The van der Waals surface area contributed by atoms with Crippen LogP contribution in [0.1, 0.15) is 32.1 Å². The topological polar surface area (TPSA) is 155 Å². The summed E-state index contributed by atoms with van der Waals surface area (Å²) >= 11 is 0. The number of anilines is 1. The maximum absolute atomic E-state index is 12.3. The van der Waals surface area contributed by atoms with Gasteiger partial charge in [0.2, 0.25) is 0 Å². The van der Waals surface area contributed by atoms with E-state index in [1.54, 1.807) is 5.48 Å². The van der Waals surface area contributed by atoms with Crippen LogP contribution in [0.4, 0.5) is 5.82 Å². The Bertz CT molecular complexity index is 864. The summed E-state index contributed by atoms with van der Waals surface area (Å²) in [5, 5.41) is 9.18. The van der Waals surface area contributed by atoms with E-state index in [2.05, 4.69) is 9.72 Å². The van der Waals surface area contributed by atoms with E-state index in [0.29, 0.717) is 0 Å². The molecule has 158 valence electrons. The van der Waals surface area contributed by atoms with E-state index in [9.17, 15) is 24.4 Å². The summed E-state index contributed by atoms with van der Waals surface area (Å²) in [4.78, 5) is 49.8. The molecule has 2 heterocycles. The van der Waals surface area contributed by atoms with E-state index < -0.39 is 42.0 Å². The van der Waals surface area contributed by atoms with Gasteiger partial charge in [-0.25, -0.2) is 9.59 Å². The highest BCUT2D eigenvalue weighted by atomic mass is 16.6. The van der Waals surface area contributed by atoms with Crippen LogP contribution < -0.4 is 11.2 Å². The van der Waals surface area contributed by atoms with Crippen molar-refractivity contribution in [1.82, 2.24) is 9.55 Å². The smallest absolute Gasteiger partial charge is 0.351 e. The third kappa shape index (κ3) is 5.86. The highest BCUT2D eigenvalue weighted by molar-refractivity contribution is 5.87. The van der Waals surface area contributed by atoms with Crippen LogP contribution in [-0.4, -0.2) is 58.6 Å². The second kappa shape index (κ2) is 9.80. The third-order valence-corrected chi connectivity index (χ3v) is 3.94. The molecule has 2 N–H and O–H groups in total. The molecule has 12 heteroatoms. The number of nitrogens with zero attached hydrogens (tertiary/aromatic N) is 2. The van der Waals surface area contributed by atoms with E-state index in [0.717, 1.165) is 10.6 Å². The van der Waals surface area contributed by atoms with Gasteiger partial charge in [-0.3, -0.25) is 24.8 Å². The van der Waals surface area contributed by atoms with Gasteiger partial charge >= 0.3 is 23.6 Å². The molecule has 0 amide bonds. The van der Waals surface area contributed by atoms with Crippen LogP contribution in [0.3, 0.4) is 0 Å². The predicted octanol–water partition coefficient (Wildman–Crippen LogP) is 0.0129. The van der Waals surface area contributed by atoms with Gasteiger partial charge in [-0.2, -0.15) is 4.98 Å². The second-order valence-electron chi connectivity index (χ2n) is 6.02. The lowest BCUT2D eigenvalue weighted by Crippen LogP contribution is -2.31. The molecule has 0 bridgehead atoms. The molecule has 0 spiro atoms. The second-order valence-corrected chi connectivity index (χ2v) is 6.02. The highest BCUT2D eigenvalue weighted by Gasteiger charge is 2.39. The molecule has 29 heavy (non-hydrogen) atoms. The standard InChI is InChI=1S/C17H21N3O9/c1-9(21)27-8-13-12(28-10(2)22)6-14(29-13)20-7-11(4-5-15(23)26-3)16(19-25)18-17(20)24/h4-5,7,12-14,25H,6,8H2,1-3H3,(H,18,19,24)/t12-,13+,14+/m0/s1. The molecular weight excluding hydrogens is 390 g/mol. The average Bonchev–Trinajstić information content (AvgIpc) is 3.06. The Balaban J connectivity index is 2.33. The van der Waals surface area contributed by atoms with Crippen LogP contribution in [0.2, 0.25) is 0 Å². The van der Waals surface area contributed by atoms with Gasteiger partial charge in [0.05, 0.1) is 7.11 Å². The molecule has 1 aliphatic rings. The lowest BCUT2D eigenvalue weighted by atomic mass is 10.2. The summed E-state index contributed by atoms with van der Waals surface area (Å²) in [6, 6.07) is 0. The van der Waals surface area contributed by atoms with Gasteiger partial charge < -0.3 is 18.9 Å². The lowest BCUT2D eigenvalue weighted by Gasteiger charge is -2.18. The molecular formula is C17H21N3O9. The van der Waals surface area contributed by atoms with Crippen LogP contribution >= 0.6 is 0 Å². The van der Waals surface area contributed by atoms with Crippen LogP contribution in [0, 0.1) is 0 Å². The Labute approximate surface area is 165 Å². The summed E-state index contributed by atoms with van der Waals surface area (Å²) < 4.78 is 21.5. The van der Waals surface area contributed by atoms with Gasteiger partial charge in [-0.15, -0.1) is 0 Å². The molecule has 0 aliphatic carbocycles. The van der Waals surface area contributed by atoms with E-state index in [1.165, 1.54) is 33.2 Å². The van der Waals surface area contributed by atoms with Gasteiger partial charge in [0.15, 0.2) is 5.82 Å². The molecule has 0 aromatic carbocycles. The molecule has 1 aromatic heterocycles. The SMILES string of the molecule is COC(=O)C=Cc1cn([C@H]2C[C@H](OC(C)=O)[C@@H](COC(C)=O)O2)c(=O)nc1NO. The molecule has 0 unspecified atom stereocenters. The Kier molecular flexibility index (Phi) is 7.45. The first kappa shape index (κ1) is 22.0. The van der Waals surface area contributed by atoms with E-state index in [-0.39, 0.29) is 24.4 Å². The number of carbonyl (C=O) groups is 3. The van der Waals surface area contributed by atoms with E-state index >= 15 is 0 Å². The fourth-order valence-electron chi connectivity index (χ4n) is 2.69. The molecule has 1 aromatic rings. The number of carbonyl (C=O) groups excluding carboxylic acids is 3. The van der Waals surface area contributed by atoms with Crippen molar-refractivity contribution in [3.05, 3.63) is 28.3 Å². The minimum atomic E-state index is -0.891. The molecule has 3 atom stereocenters. The Morgan fingerprint density at radius 3 is 2.69 bits per heavy atom. The van der Waals surface area contributed by atoms with Gasteiger partial charge in [-0.1, -0.05) is 0 Å². The average molecular weight is 411 g/mol. The predicted molar refractivity (Wildman–Crippen MR) is 95.7 cm³/mol. The van der Waals surface area contributed by atoms with Crippen molar-refractivity contribution in [3.63, 3.8) is 0 Å². The van der Waals surface area contributed by atoms with Crippen molar-refractivity contribution in [2.24, 2.45) is 0 Å². The van der Waals surface area contributed by atoms with Crippen LogP contribution in [0.5, 0.6) is 0 Å². The normalized spacial score (nSPS) is 21.0. The van der Waals surface area contributed by atoms with Crippen molar-refractivity contribution < 1.29 is 38.5 Å². The summed E-state index contributed by atoms with van der Waals surface area (Å²) in [6.07, 6.45) is 1.32. The third-order valence-electron chi connectivity index (χ3n) is 3.94. The Morgan fingerprint density at radius 2 is 2.10 bits per heavy atom. The zero-order valence-corrected chi connectivity index (χ0v) is 16.0. The first-order valence-electron chi connectivity index (χ1n) is 8.50.